The van der Waals surface area contributed by atoms with Crippen LogP contribution >= 0.6 is 0 Å². The molecule has 0 aromatic carbocycles. The third-order valence-electron chi connectivity index (χ3n) is 1.94. The molecule has 0 amide bonds. The van der Waals surface area contributed by atoms with E-state index in [0.717, 1.165) is 25.7 Å². The average molecular weight is 208 g/mol. The van der Waals surface area contributed by atoms with Crippen LogP contribution < -0.4 is 0 Å². The lowest BCUT2D eigenvalue weighted by Gasteiger charge is -2.06. The molecule has 88 valence electrons. The quantitative estimate of drug-likeness (QED) is 0.449. The van der Waals surface area contributed by atoms with Crippen molar-refractivity contribution in [1.82, 2.24) is 0 Å². The Morgan fingerprint density at radius 2 is 1.36 bits per heavy atom. The SMILES string of the molecule is CCC(CO)CCO.OCCCCO. The molecule has 0 fully saturated rings. The Bertz CT molecular complexity index is 80.2. The second-order valence-electron chi connectivity index (χ2n) is 3.12. The summed E-state index contributed by atoms with van der Waals surface area (Å²) in [6.07, 6.45) is 3.12. The summed E-state index contributed by atoms with van der Waals surface area (Å²) in [5.74, 6) is 0.306. The van der Waals surface area contributed by atoms with Crippen molar-refractivity contribution in [2.75, 3.05) is 26.4 Å². The van der Waals surface area contributed by atoms with Crippen molar-refractivity contribution in [3.63, 3.8) is 0 Å². The summed E-state index contributed by atoms with van der Waals surface area (Å²) < 4.78 is 0. The molecule has 1 unspecified atom stereocenters. The maximum absolute atomic E-state index is 8.55. The molecule has 0 saturated heterocycles. The van der Waals surface area contributed by atoms with Crippen LogP contribution in [0.1, 0.15) is 32.6 Å². The Morgan fingerprint density at radius 3 is 1.50 bits per heavy atom. The van der Waals surface area contributed by atoms with Gasteiger partial charge in [0.05, 0.1) is 0 Å². The molecule has 1 atom stereocenters. The van der Waals surface area contributed by atoms with Crippen LogP contribution in [0.25, 0.3) is 0 Å². The normalized spacial score (nSPS) is 11.8. The van der Waals surface area contributed by atoms with Crippen LogP contribution in [-0.2, 0) is 0 Å². The van der Waals surface area contributed by atoms with E-state index in [2.05, 4.69) is 0 Å². The Morgan fingerprint density at radius 1 is 0.857 bits per heavy atom. The molecule has 0 aliphatic carbocycles. The van der Waals surface area contributed by atoms with Gasteiger partial charge in [0.15, 0.2) is 0 Å². The van der Waals surface area contributed by atoms with Crippen molar-refractivity contribution in [3.8, 4) is 0 Å². The van der Waals surface area contributed by atoms with Crippen molar-refractivity contribution >= 4 is 0 Å². The number of aliphatic hydroxyl groups excluding tert-OH is 4. The lowest BCUT2D eigenvalue weighted by molar-refractivity contribution is 0.180. The fourth-order valence-electron chi connectivity index (χ4n) is 0.831. The average Bonchev–Trinajstić information content (AvgIpc) is 2.24. The van der Waals surface area contributed by atoms with E-state index >= 15 is 0 Å². The standard InChI is InChI=1S/C6H14O2.C4H10O2/c1-2-6(5-8)3-4-7;5-3-1-2-4-6/h6-8H,2-5H2,1H3;5-6H,1-4H2. The minimum Gasteiger partial charge on any atom is -0.396 e. The van der Waals surface area contributed by atoms with E-state index in [4.69, 9.17) is 20.4 Å². The van der Waals surface area contributed by atoms with Gasteiger partial charge in [-0.2, -0.15) is 0 Å². The van der Waals surface area contributed by atoms with Gasteiger partial charge in [-0.3, -0.25) is 0 Å². The zero-order valence-electron chi connectivity index (χ0n) is 9.02. The molecule has 0 aromatic heterocycles. The zero-order valence-corrected chi connectivity index (χ0v) is 9.02. The van der Waals surface area contributed by atoms with Crippen molar-refractivity contribution in [3.05, 3.63) is 0 Å². The summed E-state index contributed by atoms with van der Waals surface area (Å²) in [7, 11) is 0. The molecule has 4 N–H and O–H groups in total. The van der Waals surface area contributed by atoms with Crippen LogP contribution in [-0.4, -0.2) is 46.9 Å². The van der Waals surface area contributed by atoms with Gasteiger partial charge in [0.1, 0.15) is 0 Å². The van der Waals surface area contributed by atoms with Gasteiger partial charge >= 0.3 is 0 Å². The van der Waals surface area contributed by atoms with Gasteiger partial charge in [0.2, 0.25) is 0 Å². The molecule has 0 aliphatic heterocycles. The van der Waals surface area contributed by atoms with Crippen LogP contribution in [0.4, 0.5) is 0 Å². The van der Waals surface area contributed by atoms with Crippen molar-refractivity contribution in [2.45, 2.75) is 32.6 Å². The fourth-order valence-corrected chi connectivity index (χ4v) is 0.831. The van der Waals surface area contributed by atoms with Gasteiger partial charge in [0.25, 0.3) is 0 Å². The van der Waals surface area contributed by atoms with Gasteiger partial charge in [-0.15, -0.1) is 0 Å². The summed E-state index contributed by atoms with van der Waals surface area (Å²) in [4.78, 5) is 0. The molecule has 0 radical (unpaired) electrons. The van der Waals surface area contributed by atoms with Gasteiger partial charge in [0, 0.05) is 26.4 Å². The van der Waals surface area contributed by atoms with Crippen molar-refractivity contribution in [1.29, 1.82) is 0 Å². The van der Waals surface area contributed by atoms with Gasteiger partial charge < -0.3 is 20.4 Å². The maximum atomic E-state index is 8.55. The molecule has 0 aliphatic rings. The van der Waals surface area contributed by atoms with Gasteiger partial charge in [-0.1, -0.05) is 13.3 Å². The minimum atomic E-state index is 0.194. The van der Waals surface area contributed by atoms with Crippen LogP contribution in [0.2, 0.25) is 0 Å². The third kappa shape index (κ3) is 14.4. The van der Waals surface area contributed by atoms with Crippen LogP contribution in [0.3, 0.4) is 0 Å². The van der Waals surface area contributed by atoms with Crippen molar-refractivity contribution < 1.29 is 20.4 Å². The summed E-state index contributed by atoms with van der Waals surface area (Å²) in [5.41, 5.74) is 0. The number of hydrogen-bond acceptors (Lipinski definition) is 4. The summed E-state index contributed by atoms with van der Waals surface area (Å²) >= 11 is 0. The Balaban J connectivity index is 0. The Hall–Kier alpha value is -0.160. The highest BCUT2D eigenvalue weighted by atomic mass is 16.3. The summed E-state index contributed by atoms with van der Waals surface area (Å²) in [6.45, 7) is 2.80. The number of hydrogen-bond donors (Lipinski definition) is 4. The van der Waals surface area contributed by atoms with E-state index in [1.807, 2.05) is 6.92 Å². The van der Waals surface area contributed by atoms with Crippen LogP contribution in [0, 0.1) is 5.92 Å². The lowest BCUT2D eigenvalue weighted by Crippen LogP contribution is -2.05. The zero-order chi connectivity index (χ0) is 11.2. The fraction of sp³-hybridized carbons (Fsp3) is 1.00. The van der Waals surface area contributed by atoms with Crippen LogP contribution in [0.5, 0.6) is 0 Å². The first-order valence-electron chi connectivity index (χ1n) is 5.20. The first-order valence-corrected chi connectivity index (χ1v) is 5.20. The molecule has 0 spiro atoms. The number of unbranched alkanes of at least 4 members (excludes halogenated alkanes) is 1. The minimum absolute atomic E-state index is 0.194. The highest BCUT2D eigenvalue weighted by molar-refractivity contribution is 4.52. The molecule has 4 heteroatoms. The van der Waals surface area contributed by atoms with E-state index in [-0.39, 0.29) is 26.4 Å². The van der Waals surface area contributed by atoms with E-state index in [0.29, 0.717) is 5.92 Å². The van der Waals surface area contributed by atoms with E-state index in [1.165, 1.54) is 0 Å². The summed E-state index contributed by atoms with van der Waals surface area (Å²) in [5, 5.41) is 33.1. The highest BCUT2D eigenvalue weighted by Gasteiger charge is 2.00. The highest BCUT2D eigenvalue weighted by Crippen LogP contribution is 2.04. The molecule has 0 rings (SSSR count). The Labute approximate surface area is 86.2 Å². The van der Waals surface area contributed by atoms with Crippen molar-refractivity contribution in [2.24, 2.45) is 5.92 Å². The molecule has 0 bridgehead atoms. The smallest absolute Gasteiger partial charge is 0.0460 e. The predicted molar refractivity (Wildman–Crippen MR) is 56.0 cm³/mol. The number of aliphatic hydroxyl groups is 4. The first-order chi connectivity index (χ1) is 6.76. The van der Waals surface area contributed by atoms with Gasteiger partial charge in [-0.05, 0) is 25.2 Å². The number of rotatable bonds is 7. The largest absolute Gasteiger partial charge is 0.396 e. The second-order valence-corrected chi connectivity index (χ2v) is 3.12. The molecule has 14 heavy (non-hydrogen) atoms. The summed E-state index contributed by atoms with van der Waals surface area (Å²) in [6, 6.07) is 0. The Kier molecular flexibility index (Phi) is 17.8. The monoisotopic (exact) mass is 208 g/mol. The molecule has 0 saturated carbocycles. The van der Waals surface area contributed by atoms with Crippen LogP contribution in [0.15, 0.2) is 0 Å². The van der Waals surface area contributed by atoms with E-state index < -0.39 is 0 Å². The maximum Gasteiger partial charge on any atom is 0.0460 e. The molecular formula is C10H24O4. The molecule has 0 aromatic rings. The molecule has 4 nitrogen and oxygen atoms in total. The van der Waals surface area contributed by atoms with E-state index in [1.54, 1.807) is 0 Å². The second kappa shape index (κ2) is 15.3. The lowest BCUT2D eigenvalue weighted by atomic mass is 10.1. The molecule has 0 heterocycles. The van der Waals surface area contributed by atoms with Gasteiger partial charge in [-0.25, -0.2) is 0 Å². The first kappa shape index (κ1) is 16.3. The van der Waals surface area contributed by atoms with E-state index in [9.17, 15) is 0 Å². The topological polar surface area (TPSA) is 80.9 Å². The third-order valence-corrected chi connectivity index (χ3v) is 1.94. The predicted octanol–water partition coefficient (Wildman–Crippen LogP) is 0.139. The molecular weight excluding hydrogens is 184 g/mol.